The van der Waals surface area contributed by atoms with Crippen LogP contribution in [0.25, 0.3) is 0 Å². The number of hydrogen-bond acceptors (Lipinski definition) is 7. The summed E-state index contributed by atoms with van der Waals surface area (Å²) in [6.45, 7) is 0. The molecule has 1 N–H and O–H groups in total. The van der Waals surface area contributed by atoms with Gasteiger partial charge < -0.3 is 0 Å². The zero-order valence-electron chi connectivity index (χ0n) is 17.1. The maximum atomic E-state index is 13.2. The molecule has 3 aliphatic carbocycles. The first-order chi connectivity index (χ1) is 14.9. The molecule has 9 heteroatoms. The number of Topliss-reactive ketones (excluding diaryl/α,β-unsaturated/α-hetero) is 1. The van der Waals surface area contributed by atoms with E-state index in [4.69, 9.17) is 0 Å². The van der Waals surface area contributed by atoms with Crippen molar-refractivity contribution in [2.45, 2.75) is 73.3 Å². The van der Waals surface area contributed by atoms with E-state index in [1.54, 1.807) is 17.6 Å². The van der Waals surface area contributed by atoms with Gasteiger partial charge in [-0.25, -0.2) is 8.42 Å². The van der Waals surface area contributed by atoms with Gasteiger partial charge >= 0.3 is 0 Å². The summed E-state index contributed by atoms with van der Waals surface area (Å²) < 4.78 is 25.9. The van der Waals surface area contributed by atoms with Crippen LogP contribution in [0.1, 0.15) is 74.3 Å². The molecule has 7 nitrogen and oxygen atoms in total. The second-order valence-corrected chi connectivity index (χ2v) is 12.0. The molecule has 3 saturated carbocycles. The summed E-state index contributed by atoms with van der Waals surface area (Å²) in [7, 11) is -3.30. The second-order valence-electron chi connectivity index (χ2n) is 8.98. The van der Waals surface area contributed by atoms with Gasteiger partial charge in [0.1, 0.15) is 11.3 Å². The van der Waals surface area contributed by atoms with Gasteiger partial charge in [-0.2, -0.15) is 0 Å². The summed E-state index contributed by atoms with van der Waals surface area (Å²) >= 11 is 1.25. The van der Waals surface area contributed by atoms with E-state index < -0.39 is 15.8 Å². The lowest BCUT2D eigenvalue weighted by Crippen LogP contribution is -2.23. The third-order valence-electron chi connectivity index (χ3n) is 6.55. The van der Waals surface area contributed by atoms with Crippen molar-refractivity contribution in [2.75, 3.05) is 5.32 Å². The fourth-order valence-corrected chi connectivity index (χ4v) is 6.93. The highest BCUT2D eigenvalue weighted by Crippen LogP contribution is 2.47. The van der Waals surface area contributed by atoms with Gasteiger partial charge in [0.2, 0.25) is 11.0 Å². The fourth-order valence-electron chi connectivity index (χ4n) is 4.55. The lowest BCUT2D eigenvalue weighted by Gasteiger charge is -2.21. The Labute approximate surface area is 185 Å². The number of carbonyl (C=O) groups is 2. The maximum absolute atomic E-state index is 13.2. The number of carbonyl (C=O) groups excluding carboxylic acids is 2. The van der Waals surface area contributed by atoms with E-state index in [0.717, 1.165) is 43.2 Å². The number of aromatic nitrogens is 2. The number of amides is 1. The maximum Gasteiger partial charge on any atom is 0.233 e. The van der Waals surface area contributed by atoms with Gasteiger partial charge in [-0.05, 0) is 67.6 Å². The number of hydrogen-bond donors (Lipinski definition) is 1. The molecule has 164 valence electrons. The van der Waals surface area contributed by atoms with Gasteiger partial charge in [-0.3, -0.25) is 14.9 Å². The molecular formula is C22H25N3O4S2. The van der Waals surface area contributed by atoms with E-state index >= 15 is 0 Å². The Kier molecular flexibility index (Phi) is 5.42. The van der Waals surface area contributed by atoms with Crippen LogP contribution in [0.2, 0.25) is 0 Å². The number of benzene rings is 1. The van der Waals surface area contributed by atoms with Crippen molar-refractivity contribution in [2.24, 2.45) is 5.92 Å². The summed E-state index contributed by atoms with van der Waals surface area (Å²) in [5, 5.41) is 10.7. The predicted molar refractivity (Wildman–Crippen MR) is 117 cm³/mol. The number of rotatable bonds is 8. The fraction of sp³-hybridized carbons (Fsp3) is 0.545. The van der Waals surface area contributed by atoms with E-state index in [9.17, 15) is 18.0 Å². The number of nitrogens with one attached hydrogen (secondary N) is 1. The number of sulfone groups is 1. The Bertz CT molecular complexity index is 1110. The number of anilines is 1. The van der Waals surface area contributed by atoms with Gasteiger partial charge in [0, 0.05) is 12.8 Å². The third kappa shape index (κ3) is 4.43. The van der Waals surface area contributed by atoms with E-state index in [2.05, 4.69) is 15.5 Å². The van der Waals surface area contributed by atoms with Crippen molar-refractivity contribution in [3.05, 3.63) is 34.8 Å². The van der Waals surface area contributed by atoms with Gasteiger partial charge in [-0.1, -0.05) is 23.5 Å². The van der Waals surface area contributed by atoms with Crippen molar-refractivity contribution in [3.8, 4) is 0 Å². The van der Waals surface area contributed by atoms with Crippen LogP contribution >= 0.6 is 11.3 Å². The van der Waals surface area contributed by atoms with Crippen molar-refractivity contribution in [1.29, 1.82) is 0 Å². The molecule has 1 amide bonds. The number of nitrogens with zero attached hydrogens (tertiary/aromatic N) is 2. The molecule has 1 aromatic heterocycles. The lowest BCUT2D eigenvalue weighted by atomic mass is 9.86. The molecule has 5 rings (SSSR count). The quantitative estimate of drug-likeness (QED) is 0.643. The minimum Gasteiger partial charge on any atom is -0.300 e. The molecular weight excluding hydrogens is 434 g/mol. The standard InChI is InChI=1S/C22H25N3O4S2/c26-16-5-1-13(9-16)10-19(21(27)24-22-25-23-12-30-22)15-4-8-20(18(11-15)14-2-3-14)31(28,29)17-6-7-17/h4,8,11-14,17,19H,1-3,5-7,9-10H2,(H,24,25,27)/t13-,19+/m0/s1. The monoisotopic (exact) mass is 459 g/mol. The van der Waals surface area contributed by atoms with Gasteiger partial charge in [0.25, 0.3) is 0 Å². The Hall–Kier alpha value is -2.13. The van der Waals surface area contributed by atoms with Gasteiger partial charge in [-0.15, -0.1) is 10.2 Å². The molecule has 2 aromatic rings. The molecule has 0 saturated heterocycles. The Balaban J connectivity index is 1.48. The highest BCUT2D eigenvalue weighted by Gasteiger charge is 2.41. The molecule has 0 radical (unpaired) electrons. The first-order valence-electron chi connectivity index (χ1n) is 10.9. The van der Waals surface area contributed by atoms with Crippen LogP contribution < -0.4 is 5.32 Å². The van der Waals surface area contributed by atoms with Crippen molar-refractivity contribution >= 4 is 38.0 Å². The smallest absolute Gasteiger partial charge is 0.233 e. The molecule has 31 heavy (non-hydrogen) atoms. The second kappa shape index (κ2) is 8.09. The lowest BCUT2D eigenvalue weighted by molar-refractivity contribution is -0.119. The zero-order valence-corrected chi connectivity index (χ0v) is 18.8. The molecule has 0 bridgehead atoms. The summed E-state index contributed by atoms with van der Waals surface area (Å²) in [6.07, 6.45) is 5.87. The topological polar surface area (TPSA) is 106 Å². The minimum absolute atomic E-state index is 0.164. The molecule has 1 heterocycles. The highest BCUT2D eigenvalue weighted by atomic mass is 32.2. The third-order valence-corrected chi connectivity index (χ3v) is 9.49. The van der Waals surface area contributed by atoms with E-state index in [1.807, 2.05) is 6.07 Å². The van der Waals surface area contributed by atoms with Crippen LogP contribution in [-0.2, 0) is 19.4 Å². The van der Waals surface area contributed by atoms with Crippen LogP contribution in [0, 0.1) is 5.92 Å². The zero-order chi connectivity index (χ0) is 21.6. The van der Waals surface area contributed by atoms with Gasteiger partial charge in [0.05, 0.1) is 16.1 Å². The summed E-state index contributed by atoms with van der Waals surface area (Å²) in [6, 6.07) is 5.44. The average Bonchev–Trinajstić information content (AvgIpc) is 3.67. The molecule has 0 aliphatic heterocycles. The largest absolute Gasteiger partial charge is 0.300 e. The van der Waals surface area contributed by atoms with Crippen molar-refractivity contribution < 1.29 is 18.0 Å². The first kappa shape index (κ1) is 20.8. The van der Waals surface area contributed by atoms with E-state index in [0.29, 0.717) is 29.3 Å². The van der Waals surface area contributed by atoms with Crippen LogP contribution in [0.3, 0.4) is 0 Å². The Morgan fingerprint density at radius 2 is 2.00 bits per heavy atom. The molecule has 0 unspecified atom stereocenters. The molecule has 2 atom stereocenters. The normalized spacial score (nSPS) is 22.5. The van der Waals surface area contributed by atoms with Crippen LogP contribution in [-0.4, -0.2) is 35.6 Å². The number of ketones is 1. The molecule has 3 fully saturated rings. The average molecular weight is 460 g/mol. The SMILES string of the molecule is O=C1CC[C@H](C[C@@H](C(=O)Nc2nncs2)c2ccc(S(=O)(=O)C3CC3)c(C3CC3)c2)C1. The van der Waals surface area contributed by atoms with E-state index in [1.165, 1.54) is 11.3 Å². The molecule has 1 aromatic carbocycles. The van der Waals surface area contributed by atoms with Crippen LogP contribution in [0.15, 0.2) is 28.6 Å². The first-order valence-corrected chi connectivity index (χ1v) is 13.3. The van der Waals surface area contributed by atoms with Crippen LogP contribution in [0.4, 0.5) is 5.13 Å². The van der Waals surface area contributed by atoms with Crippen molar-refractivity contribution in [1.82, 2.24) is 10.2 Å². The van der Waals surface area contributed by atoms with Crippen LogP contribution in [0.5, 0.6) is 0 Å². The minimum atomic E-state index is -3.30. The Morgan fingerprint density at radius 1 is 1.19 bits per heavy atom. The molecule has 0 spiro atoms. The molecule has 3 aliphatic rings. The summed E-state index contributed by atoms with van der Waals surface area (Å²) in [4.78, 5) is 25.4. The predicted octanol–water partition coefficient (Wildman–Crippen LogP) is 3.83. The summed E-state index contributed by atoms with van der Waals surface area (Å²) in [5.74, 6) is 0.0174. The van der Waals surface area contributed by atoms with Gasteiger partial charge in [0.15, 0.2) is 9.84 Å². The summed E-state index contributed by atoms with van der Waals surface area (Å²) in [5.41, 5.74) is 3.24. The Morgan fingerprint density at radius 3 is 2.61 bits per heavy atom. The van der Waals surface area contributed by atoms with Crippen molar-refractivity contribution in [3.63, 3.8) is 0 Å². The van der Waals surface area contributed by atoms with E-state index in [-0.39, 0.29) is 28.8 Å². The highest BCUT2D eigenvalue weighted by molar-refractivity contribution is 7.92.